The normalized spacial score (nSPS) is 33.5. The second kappa shape index (κ2) is 14.0. The van der Waals surface area contributed by atoms with E-state index in [0.717, 1.165) is 27.7 Å². The average molecular weight is 601 g/mol. The minimum absolute atomic E-state index is 0.213. The van der Waals surface area contributed by atoms with Crippen LogP contribution in [0.15, 0.2) is 11.8 Å². The van der Waals surface area contributed by atoms with Crippen molar-refractivity contribution in [2.24, 2.45) is 17.8 Å². The molecule has 0 aromatic heterocycles. The summed E-state index contributed by atoms with van der Waals surface area (Å²) in [5, 5.41) is 0. The van der Waals surface area contributed by atoms with E-state index in [0.29, 0.717) is 0 Å². The maximum Gasteiger partial charge on any atom is 0.337 e. The summed E-state index contributed by atoms with van der Waals surface area (Å²) >= 11 is 0. The second-order valence-electron chi connectivity index (χ2n) is 10.2. The molecule has 2 aliphatic heterocycles. The third-order valence-corrected chi connectivity index (χ3v) is 7.14. The van der Waals surface area contributed by atoms with E-state index in [2.05, 4.69) is 0 Å². The van der Waals surface area contributed by atoms with Gasteiger partial charge < -0.3 is 42.6 Å². The molecule has 0 unspecified atom stereocenters. The van der Waals surface area contributed by atoms with Crippen molar-refractivity contribution in [3.05, 3.63) is 11.8 Å². The molecule has 234 valence electrons. The van der Waals surface area contributed by atoms with Gasteiger partial charge >= 0.3 is 35.8 Å². The van der Waals surface area contributed by atoms with E-state index >= 15 is 0 Å². The maximum atomic E-state index is 12.5. The minimum Gasteiger partial charge on any atom is -0.472 e. The Bertz CT molecular complexity index is 1100. The average Bonchev–Trinajstić information content (AvgIpc) is 3.20. The SMILES string of the molecule is COC(=O)C1=CO[C@H](O[C@@H]2O[C@H](COC(C)=O)[C@@H](OC(C)=O)[C@H](OC(C)=O)[C@H]2OC(C)=O)[C@H]2[C@@H](C)[C@H](OC(C)=O)C[C@H]12. The van der Waals surface area contributed by atoms with Crippen molar-refractivity contribution in [2.75, 3.05) is 13.7 Å². The lowest BCUT2D eigenvalue weighted by Crippen LogP contribution is -2.63. The summed E-state index contributed by atoms with van der Waals surface area (Å²) in [5.74, 6) is -5.66. The molecule has 0 aromatic rings. The van der Waals surface area contributed by atoms with Crippen LogP contribution >= 0.6 is 0 Å². The van der Waals surface area contributed by atoms with Crippen LogP contribution in [0.25, 0.3) is 0 Å². The van der Waals surface area contributed by atoms with Crippen molar-refractivity contribution >= 4 is 35.8 Å². The predicted molar refractivity (Wildman–Crippen MR) is 134 cm³/mol. The molecule has 15 nitrogen and oxygen atoms in total. The fraction of sp³-hybridized carbons (Fsp3) is 0.704. The monoisotopic (exact) mass is 600 g/mol. The number of carbonyl (C=O) groups excluding carboxylic acids is 6. The topological polar surface area (TPSA) is 185 Å². The van der Waals surface area contributed by atoms with Gasteiger partial charge in [0.1, 0.15) is 18.8 Å². The smallest absolute Gasteiger partial charge is 0.337 e. The van der Waals surface area contributed by atoms with E-state index in [1.54, 1.807) is 6.92 Å². The molecule has 2 heterocycles. The molecular formula is C27H36O15. The number of ether oxygens (including phenoxy) is 9. The number of esters is 6. The highest BCUT2D eigenvalue weighted by Crippen LogP contribution is 2.49. The lowest BCUT2D eigenvalue weighted by molar-refractivity contribution is -0.345. The summed E-state index contributed by atoms with van der Waals surface area (Å²) in [6.07, 6.45) is -7.30. The first kappa shape index (κ1) is 32.8. The van der Waals surface area contributed by atoms with Crippen molar-refractivity contribution in [3.63, 3.8) is 0 Å². The van der Waals surface area contributed by atoms with Gasteiger partial charge in [0.25, 0.3) is 0 Å². The molecule has 10 atom stereocenters. The molecule has 42 heavy (non-hydrogen) atoms. The first-order valence-corrected chi connectivity index (χ1v) is 13.3. The molecule has 3 aliphatic rings. The quantitative estimate of drug-likeness (QED) is 0.266. The number of rotatable bonds is 9. The Labute approximate surface area is 242 Å². The van der Waals surface area contributed by atoms with Crippen LogP contribution in [-0.4, -0.2) is 92.6 Å². The molecule has 1 saturated carbocycles. The van der Waals surface area contributed by atoms with Gasteiger partial charge in [-0.1, -0.05) is 6.92 Å². The third kappa shape index (κ3) is 7.76. The van der Waals surface area contributed by atoms with Crippen LogP contribution in [-0.2, 0) is 71.4 Å². The van der Waals surface area contributed by atoms with Crippen molar-refractivity contribution in [3.8, 4) is 0 Å². The Morgan fingerprint density at radius 3 is 1.90 bits per heavy atom. The van der Waals surface area contributed by atoms with E-state index < -0.39 is 97.4 Å². The van der Waals surface area contributed by atoms with Gasteiger partial charge in [0.05, 0.1) is 18.9 Å². The van der Waals surface area contributed by atoms with Gasteiger partial charge in [0.15, 0.2) is 18.3 Å². The highest BCUT2D eigenvalue weighted by Gasteiger charge is 2.57. The zero-order chi connectivity index (χ0) is 31.3. The molecule has 1 aliphatic carbocycles. The van der Waals surface area contributed by atoms with E-state index in [-0.39, 0.29) is 17.9 Å². The van der Waals surface area contributed by atoms with Crippen LogP contribution in [0.5, 0.6) is 0 Å². The lowest BCUT2D eigenvalue weighted by Gasteiger charge is -2.46. The number of fused-ring (bicyclic) bond motifs is 1. The predicted octanol–water partition coefficient (Wildman–Crippen LogP) is 0.703. The Morgan fingerprint density at radius 1 is 0.786 bits per heavy atom. The van der Waals surface area contributed by atoms with Gasteiger partial charge in [-0.2, -0.15) is 0 Å². The van der Waals surface area contributed by atoms with Gasteiger partial charge in [0, 0.05) is 52.4 Å². The van der Waals surface area contributed by atoms with Crippen LogP contribution in [0.3, 0.4) is 0 Å². The summed E-state index contributed by atoms with van der Waals surface area (Å²) in [7, 11) is 1.22. The maximum absolute atomic E-state index is 12.5. The molecule has 15 heteroatoms. The molecule has 0 radical (unpaired) electrons. The molecule has 2 fully saturated rings. The van der Waals surface area contributed by atoms with Crippen LogP contribution in [0, 0.1) is 17.8 Å². The fourth-order valence-electron chi connectivity index (χ4n) is 5.57. The van der Waals surface area contributed by atoms with E-state index in [4.69, 9.17) is 42.6 Å². The van der Waals surface area contributed by atoms with E-state index in [1.165, 1.54) is 20.3 Å². The Hall–Kier alpha value is -3.72. The van der Waals surface area contributed by atoms with Gasteiger partial charge in [-0.3, -0.25) is 24.0 Å². The fourth-order valence-corrected chi connectivity index (χ4v) is 5.57. The molecule has 3 rings (SSSR count). The standard InChI is InChI=1S/C27H36O15/c1-11-19(37-13(3)29)8-17-18(25(33)34-7)9-36-26(21(11)17)42-27-24(40-16(6)32)23(39-15(5)31)22(38-14(4)30)20(41-27)10-35-12(2)28/h9,11,17,19-24,26-27H,8,10H2,1-7H3/t11-,17+,19+,20+,21-,22+,23-,24+,26+,27-/m0/s1. The molecule has 0 amide bonds. The van der Waals surface area contributed by atoms with Crippen molar-refractivity contribution < 1.29 is 71.4 Å². The third-order valence-electron chi connectivity index (χ3n) is 7.14. The number of carbonyl (C=O) groups is 6. The summed E-state index contributed by atoms with van der Waals surface area (Å²) < 4.78 is 49.8. The molecule has 1 saturated heterocycles. The van der Waals surface area contributed by atoms with Gasteiger partial charge in [-0.25, -0.2) is 4.79 Å². The number of hydrogen-bond acceptors (Lipinski definition) is 15. The zero-order valence-electron chi connectivity index (χ0n) is 24.4. The number of methoxy groups -OCH3 is 1. The molecule has 0 N–H and O–H groups in total. The Balaban J connectivity index is 2.01. The zero-order valence-corrected chi connectivity index (χ0v) is 24.4. The van der Waals surface area contributed by atoms with Gasteiger partial charge in [0.2, 0.25) is 12.6 Å². The van der Waals surface area contributed by atoms with Crippen molar-refractivity contribution in [1.82, 2.24) is 0 Å². The molecule has 0 spiro atoms. The molecule has 0 aromatic carbocycles. The largest absolute Gasteiger partial charge is 0.472 e. The second-order valence-corrected chi connectivity index (χ2v) is 10.2. The minimum atomic E-state index is -1.51. The van der Waals surface area contributed by atoms with E-state index in [1.807, 2.05) is 0 Å². The highest BCUT2D eigenvalue weighted by molar-refractivity contribution is 5.89. The van der Waals surface area contributed by atoms with Crippen molar-refractivity contribution in [1.29, 1.82) is 0 Å². The lowest BCUT2D eigenvalue weighted by atomic mass is 9.83. The Kier molecular flexibility index (Phi) is 10.9. The summed E-state index contributed by atoms with van der Waals surface area (Å²) in [6, 6.07) is 0. The van der Waals surface area contributed by atoms with Gasteiger partial charge in [-0.15, -0.1) is 0 Å². The van der Waals surface area contributed by atoms with Crippen LogP contribution < -0.4 is 0 Å². The van der Waals surface area contributed by atoms with Crippen LogP contribution in [0.4, 0.5) is 0 Å². The van der Waals surface area contributed by atoms with Crippen molar-refractivity contribution in [2.45, 2.75) is 91.1 Å². The van der Waals surface area contributed by atoms with Crippen LogP contribution in [0.1, 0.15) is 48.0 Å². The molecule has 0 bridgehead atoms. The summed E-state index contributed by atoms with van der Waals surface area (Å²) in [6.45, 7) is 7.11. The number of hydrogen-bond donors (Lipinski definition) is 0. The molecular weight excluding hydrogens is 564 g/mol. The van der Waals surface area contributed by atoms with Gasteiger partial charge in [-0.05, 0) is 6.42 Å². The highest BCUT2D eigenvalue weighted by atomic mass is 16.8. The summed E-state index contributed by atoms with van der Waals surface area (Å²) in [4.78, 5) is 72.1. The first-order valence-electron chi connectivity index (χ1n) is 13.3. The van der Waals surface area contributed by atoms with E-state index in [9.17, 15) is 28.8 Å². The van der Waals surface area contributed by atoms with Crippen LogP contribution in [0.2, 0.25) is 0 Å². The summed E-state index contributed by atoms with van der Waals surface area (Å²) in [5.41, 5.74) is 0.213. The first-order chi connectivity index (χ1) is 19.7. The Morgan fingerprint density at radius 2 is 1.36 bits per heavy atom.